The quantitative estimate of drug-likeness (QED) is 0.685. The lowest BCUT2D eigenvalue weighted by Crippen LogP contribution is -2.11. The van der Waals surface area contributed by atoms with Crippen LogP contribution in [0.25, 0.3) is 0 Å². The zero-order chi connectivity index (χ0) is 10.4. The molecule has 4 nitrogen and oxygen atoms in total. The lowest BCUT2D eigenvalue weighted by atomic mass is 9.95. The molecule has 0 fully saturated rings. The van der Waals surface area contributed by atoms with E-state index in [1.54, 1.807) is 0 Å². The molecule has 0 saturated heterocycles. The second-order valence-corrected chi connectivity index (χ2v) is 4.10. The normalized spacial score (nSPS) is 17.9. The Hall–Kier alpha value is -1.76. The summed E-state index contributed by atoms with van der Waals surface area (Å²) in [5, 5.41) is 11.9. The van der Waals surface area contributed by atoms with Crippen molar-refractivity contribution in [3.05, 3.63) is 16.8 Å². The molecular weight excluding hydrogens is 190 g/mol. The minimum absolute atomic E-state index is 0.00475. The third-order valence-corrected chi connectivity index (χ3v) is 3.24. The van der Waals surface area contributed by atoms with E-state index < -0.39 is 0 Å². The summed E-state index contributed by atoms with van der Waals surface area (Å²) < 4.78 is 1.98. The van der Waals surface area contributed by atoms with Crippen LogP contribution < -0.4 is 5.32 Å². The zero-order valence-electron chi connectivity index (χ0n) is 8.34. The van der Waals surface area contributed by atoms with E-state index in [-0.39, 0.29) is 5.91 Å². The lowest BCUT2D eigenvalue weighted by Gasteiger charge is -2.13. The van der Waals surface area contributed by atoms with Crippen molar-refractivity contribution >= 4 is 11.7 Å². The minimum atomic E-state index is -0.00475. The molecule has 1 aromatic rings. The van der Waals surface area contributed by atoms with E-state index in [1.807, 2.05) is 4.57 Å². The van der Waals surface area contributed by atoms with E-state index >= 15 is 0 Å². The Morgan fingerprint density at radius 3 is 2.93 bits per heavy atom. The van der Waals surface area contributed by atoms with Gasteiger partial charge in [-0.25, -0.2) is 0 Å². The second kappa shape index (κ2) is 2.86. The number of hydrogen-bond acceptors (Lipinski definition) is 2. The van der Waals surface area contributed by atoms with Gasteiger partial charge in [-0.1, -0.05) is 0 Å². The van der Waals surface area contributed by atoms with Crippen LogP contribution >= 0.6 is 0 Å². The highest BCUT2D eigenvalue weighted by Crippen LogP contribution is 2.34. The molecule has 1 aliphatic carbocycles. The molecule has 15 heavy (non-hydrogen) atoms. The number of nitriles is 1. The molecular formula is C11H11N3O. The SMILES string of the molecule is N#Cc1c2c(n3c1NC(=O)C3)CCCC2. The Morgan fingerprint density at radius 2 is 2.13 bits per heavy atom. The Labute approximate surface area is 87.5 Å². The van der Waals surface area contributed by atoms with E-state index in [2.05, 4.69) is 11.4 Å². The van der Waals surface area contributed by atoms with Crippen molar-refractivity contribution in [1.82, 2.24) is 4.57 Å². The molecule has 0 aromatic carbocycles. The molecule has 3 rings (SSSR count). The summed E-state index contributed by atoms with van der Waals surface area (Å²) in [6, 6.07) is 2.22. The number of amides is 1. The maximum atomic E-state index is 11.3. The highest BCUT2D eigenvalue weighted by molar-refractivity contribution is 5.96. The summed E-state index contributed by atoms with van der Waals surface area (Å²) >= 11 is 0. The first-order valence-electron chi connectivity index (χ1n) is 5.25. The van der Waals surface area contributed by atoms with E-state index in [4.69, 9.17) is 5.26 Å². The number of rotatable bonds is 0. The van der Waals surface area contributed by atoms with Crippen LogP contribution in [0.2, 0.25) is 0 Å². The van der Waals surface area contributed by atoms with Gasteiger partial charge in [0.1, 0.15) is 18.4 Å². The van der Waals surface area contributed by atoms with Crippen LogP contribution in [0.1, 0.15) is 29.7 Å². The first-order chi connectivity index (χ1) is 7.31. The predicted molar refractivity (Wildman–Crippen MR) is 54.4 cm³/mol. The van der Waals surface area contributed by atoms with Crippen molar-refractivity contribution in [2.75, 3.05) is 5.32 Å². The molecule has 2 heterocycles. The average molecular weight is 201 g/mol. The van der Waals surface area contributed by atoms with Crippen LogP contribution in [-0.2, 0) is 24.2 Å². The van der Waals surface area contributed by atoms with Crippen molar-refractivity contribution in [3.8, 4) is 6.07 Å². The van der Waals surface area contributed by atoms with Gasteiger partial charge >= 0.3 is 0 Å². The third-order valence-electron chi connectivity index (χ3n) is 3.24. The molecule has 0 bridgehead atoms. The highest BCUT2D eigenvalue weighted by Gasteiger charge is 2.30. The Morgan fingerprint density at radius 1 is 1.33 bits per heavy atom. The second-order valence-electron chi connectivity index (χ2n) is 4.10. The number of fused-ring (bicyclic) bond motifs is 3. The maximum Gasteiger partial charge on any atom is 0.245 e. The number of nitrogens with one attached hydrogen (secondary N) is 1. The van der Waals surface area contributed by atoms with Gasteiger partial charge in [-0.05, 0) is 31.2 Å². The summed E-state index contributed by atoms with van der Waals surface area (Å²) in [6.07, 6.45) is 4.29. The van der Waals surface area contributed by atoms with Crippen LogP contribution in [0.3, 0.4) is 0 Å². The van der Waals surface area contributed by atoms with Gasteiger partial charge in [0.25, 0.3) is 0 Å². The number of carbonyl (C=O) groups is 1. The molecule has 1 aliphatic heterocycles. The smallest absolute Gasteiger partial charge is 0.245 e. The van der Waals surface area contributed by atoms with Crippen LogP contribution in [0.15, 0.2) is 0 Å². The molecule has 1 amide bonds. The van der Waals surface area contributed by atoms with E-state index in [1.165, 1.54) is 11.3 Å². The van der Waals surface area contributed by atoms with Gasteiger partial charge in [0.15, 0.2) is 0 Å². The van der Waals surface area contributed by atoms with Gasteiger partial charge in [0.05, 0.1) is 5.56 Å². The lowest BCUT2D eigenvalue weighted by molar-refractivity contribution is -0.115. The summed E-state index contributed by atoms with van der Waals surface area (Å²) in [7, 11) is 0. The molecule has 1 aromatic heterocycles. The number of nitrogens with zero attached hydrogens (tertiary/aromatic N) is 2. The molecule has 0 spiro atoms. The first kappa shape index (κ1) is 8.54. The van der Waals surface area contributed by atoms with Gasteiger partial charge in [0.2, 0.25) is 5.91 Å². The van der Waals surface area contributed by atoms with Crippen LogP contribution in [0.4, 0.5) is 5.82 Å². The molecule has 4 heteroatoms. The molecule has 76 valence electrons. The van der Waals surface area contributed by atoms with Gasteiger partial charge in [-0.15, -0.1) is 0 Å². The first-order valence-corrected chi connectivity index (χ1v) is 5.25. The Balaban J connectivity index is 2.24. The topological polar surface area (TPSA) is 57.8 Å². The summed E-state index contributed by atoms with van der Waals surface area (Å²) in [6.45, 7) is 0.388. The van der Waals surface area contributed by atoms with Crippen LogP contribution in [0.5, 0.6) is 0 Å². The Bertz CT molecular complexity index is 493. The maximum absolute atomic E-state index is 11.3. The summed E-state index contributed by atoms with van der Waals surface area (Å²) in [5.74, 6) is 0.726. The van der Waals surface area contributed by atoms with Gasteiger partial charge in [0, 0.05) is 5.69 Å². The fourth-order valence-electron chi connectivity index (χ4n) is 2.61. The van der Waals surface area contributed by atoms with Crippen LogP contribution in [0, 0.1) is 11.3 Å². The van der Waals surface area contributed by atoms with Gasteiger partial charge in [-0.2, -0.15) is 5.26 Å². The minimum Gasteiger partial charge on any atom is -0.321 e. The van der Waals surface area contributed by atoms with Crippen molar-refractivity contribution in [1.29, 1.82) is 5.26 Å². The number of carbonyl (C=O) groups excluding carboxylic acids is 1. The molecule has 0 atom stereocenters. The van der Waals surface area contributed by atoms with E-state index in [0.717, 1.165) is 31.5 Å². The third kappa shape index (κ3) is 1.03. The van der Waals surface area contributed by atoms with Gasteiger partial charge < -0.3 is 9.88 Å². The fourth-order valence-corrected chi connectivity index (χ4v) is 2.61. The average Bonchev–Trinajstić information content (AvgIpc) is 2.73. The number of aromatic nitrogens is 1. The fraction of sp³-hybridized carbons (Fsp3) is 0.455. The van der Waals surface area contributed by atoms with Gasteiger partial charge in [-0.3, -0.25) is 4.79 Å². The van der Waals surface area contributed by atoms with Crippen molar-refractivity contribution in [2.45, 2.75) is 32.2 Å². The molecule has 1 N–H and O–H groups in total. The van der Waals surface area contributed by atoms with Crippen molar-refractivity contribution < 1.29 is 4.79 Å². The summed E-state index contributed by atoms with van der Waals surface area (Å²) in [4.78, 5) is 11.3. The largest absolute Gasteiger partial charge is 0.321 e. The Kier molecular flexibility index (Phi) is 1.63. The molecule has 2 aliphatic rings. The summed E-state index contributed by atoms with van der Waals surface area (Å²) in [5.41, 5.74) is 3.06. The van der Waals surface area contributed by atoms with Crippen molar-refractivity contribution in [3.63, 3.8) is 0 Å². The number of hydrogen-bond donors (Lipinski definition) is 1. The van der Waals surface area contributed by atoms with Crippen molar-refractivity contribution in [2.24, 2.45) is 0 Å². The standard InChI is InChI=1S/C11H11N3O/c12-5-8-7-3-1-2-4-9(7)14-6-10(15)13-11(8)14/h1-4,6H2,(H,13,15). The highest BCUT2D eigenvalue weighted by atomic mass is 16.2. The zero-order valence-corrected chi connectivity index (χ0v) is 8.34. The van der Waals surface area contributed by atoms with Crippen LogP contribution in [-0.4, -0.2) is 10.5 Å². The monoisotopic (exact) mass is 201 g/mol. The van der Waals surface area contributed by atoms with E-state index in [9.17, 15) is 4.79 Å². The predicted octanol–water partition coefficient (Wildman–Crippen LogP) is 1.19. The molecule has 0 radical (unpaired) electrons. The molecule has 0 saturated carbocycles. The van der Waals surface area contributed by atoms with E-state index in [0.29, 0.717) is 12.1 Å². The molecule has 0 unspecified atom stereocenters. The number of anilines is 1.